The standard InChI is InChI=1S/C14H18F3IN2.2ClH/c15-14(16,17)6-5-13(20-9-7-19-8-10-20)11-1-3-12(18)4-2-11;;/h1-4,13,19H,5-10H2;2*1H/t13-;;/m1../s1. The van der Waals surface area contributed by atoms with Crippen LogP contribution in [-0.4, -0.2) is 37.3 Å². The summed E-state index contributed by atoms with van der Waals surface area (Å²) in [6.45, 7) is 3.28. The van der Waals surface area contributed by atoms with Crippen molar-refractivity contribution in [3.63, 3.8) is 0 Å². The number of hydrogen-bond acceptors (Lipinski definition) is 2. The monoisotopic (exact) mass is 470 g/mol. The third kappa shape index (κ3) is 7.21. The first kappa shape index (κ1) is 22.2. The maximum Gasteiger partial charge on any atom is 0.389 e. The van der Waals surface area contributed by atoms with Gasteiger partial charge >= 0.3 is 6.18 Å². The number of benzene rings is 1. The summed E-state index contributed by atoms with van der Waals surface area (Å²) in [7, 11) is 0. The van der Waals surface area contributed by atoms with E-state index in [1.807, 2.05) is 24.3 Å². The Kier molecular flexibility index (Phi) is 10.3. The van der Waals surface area contributed by atoms with Crippen molar-refractivity contribution in [3.8, 4) is 0 Å². The van der Waals surface area contributed by atoms with Crippen molar-refractivity contribution in [3.05, 3.63) is 33.4 Å². The summed E-state index contributed by atoms with van der Waals surface area (Å²) >= 11 is 2.20. The van der Waals surface area contributed by atoms with Gasteiger partial charge in [-0.3, -0.25) is 4.90 Å². The highest BCUT2D eigenvalue weighted by atomic mass is 127. The van der Waals surface area contributed by atoms with Gasteiger partial charge in [0.2, 0.25) is 0 Å². The second-order valence-corrected chi connectivity index (χ2v) is 6.25. The first-order chi connectivity index (χ1) is 9.46. The SMILES string of the molecule is Cl.Cl.FC(F)(F)CC[C@H](c1ccc(I)cc1)N1CCNCC1. The maximum atomic E-state index is 12.5. The van der Waals surface area contributed by atoms with Crippen LogP contribution < -0.4 is 5.32 Å². The van der Waals surface area contributed by atoms with Gasteiger partial charge in [0.1, 0.15) is 0 Å². The predicted molar refractivity (Wildman–Crippen MR) is 96.1 cm³/mol. The van der Waals surface area contributed by atoms with Crippen molar-refractivity contribution in [2.45, 2.75) is 25.1 Å². The fourth-order valence-corrected chi connectivity index (χ4v) is 2.90. The zero-order chi connectivity index (χ0) is 14.6. The average Bonchev–Trinajstić information content (AvgIpc) is 2.41. The zero-order valence-corrected chi connectivity index (χ0v) is 15.7. The van der Waals surface area contributed by atoms with Gasteiger partial charge in [-0.25, -0.2) is 0 Å². The molecule has 1 atom stereocenters. The molecule has 1 saturated heterocycles. The molecule has 0 saturated carbocycles. The van der Waals surface area contributed by atoms with Crippen molar-refractivity contribution < 1.29 is 13.2 Å². The predicted octanol–water partition coefficient (Wildman–Crippen LogP) is 4.42. The van der Waals surface area contributed by atoms with Crippen LogP contribution in [0.4, 0.5) is 13.2 Å². The van der Waals surface area contributed by atoms with E-state index in [2.05, 4.69) is 32.8 Å². The van der Waals surface area contributed by atoms with Gasteiger partial charge in [-0.1, -0.05) is 12.1 Å². The molecule has 0 amide bonds. The number of nitrogens with zero attached hydrogens (tertiary/aromatic N) is 1. The number of alkyl halides is 3. The first-order valence-corrected chi connectivity index (χ1v) is 7.80. The average molecular weight is 471 g/mol. The lowest BCUT2D eigenvalue weighted by Gasteiger charge is -2.35. The molecule has 1 aliphatic heterocycles. The molecular weight excluding hydrogens is 451 g/mol. The van der Waals surface area contributed by atoms with Gasteiger partial charge in [0, 0.05) is 42.2 Å². The lowest BCUT2D eigenvalue weighted by Crippen LogP contribution is -2.45. The van der Waals surface area contributed by atoms with Crippen molar-refractivity contribution in [1.29, 1.82) is 0 Å². The summed E-state index contributed by atoms with van der Waals surface area (Å²) in [6, 6.07) is 7.67. The number of piperazine rings is 1. The molecule has 0 unspecified atom stereocenters. The van der Waals surface area contributed by atoms with E-state index in [4.69, 9.17) is 0 Å². The summed E-state index contributed by atoms with van der Waals surface area (Å²) in [6.07, 6.45) is -4.69. The molecule has 2 nitrogen and oxygen atoms in total. The molecule has 0 aliphatic carbocycles. The van der Waals surface area contributed by atoms with Crippen LogP contribution in [0.15, 0.2) is 24.3 Å². The highest BCUT2D eigenvalue weighted by Crippen LogP contribution is 2.31. The number of nitrogens with one attached hydrogen (secondary N) is 1. The van der Waals surface area contributed by atoms with E-state index in [1.165, 1.54) is 0 Å². The van der Waals surface area contributed by atoms with E-state index in [0.717, 1.165) is 35.3 Å². The molecule has 0 aromatic heterocycles. The van der Waals surface area contributed by atoms with Crippen LogP contribution in [0.25, 0.3) is 0 Å². The van der Waals surface area contributed by atoms with E-state index in [9.17, 15) is 13.2 Å². The van der Waals surface area contributed by atoms with Gasteiger partial charge in [-0.15, -0.1) is 24.8 Å². The second-order valence-electron chi connectivity index (χ2n) is 5.01. The van der Waals surface area contributed by atoms with Crippen LogP contribution in [0, 0.1) is 3.57 Å². The highest BCUT2D eigenvalue weighted by Gasteiger charge is 2.31. The summed E-state index contributed by atoms with van der Waals surface area (Å²) in [4.78, 5) is 2.16. The zero-order valence-electron chi connectivity index (χ0n) is 11.9. The Hall–Kier alpha value is 0.240. The Morgan fingerprint density at radius 3 is 2.14 bits per heavy atom. The van der Waals surface area contributed by atoms with Crippen molar-refractivity contribution in [2.75, 3.05) is 26.2 Å². The van der Waals surface area contributed by atoms with Gasteiger partial charge in [-0.2, -0.15) is 13.2 Å². The van der Waals surface area contributed by atoms with Gasteiger partial charge in [0.15, 0.2) is 0 Å². The van der Waals surface area contributed by atoms with Gasteiger partial charge in [0.25, 0.3) is 0 Å². The molecule has 1 N–H and O–H groups in total. The summed E-state index contributed by atoms with van der Waals surface area (Å²) < 4.78 is 38.7. The number of halogens is 6. The smallest absolute Gasteiger partial charge is 0.314 e. The second kappa shape index (κ2) is 10.2. The van der Waals surface area contributed by atoms with Crippen LogP contribution in [-0.2, 0) is 0 Å². The molecule has 0 radical (unpaired) electrons. The lowest BCUT2D eigenvalue weighted by atomic mass is 9.99. The van der Waals surface area contributed by atoms with E-state index < -0.39 is 12.6 Å². The van der Waals surface area contributed by atoms with E-state index in [0.29, 0.717) is 0 Å². The third-order valence-corrected chi connectivity index (χ3v) is 4.27. The molecule has 128 valence electrons. The molecule has 1 heterocycles. The molecular formula is C14H20Cl2F3IN2. The molecule has 22 heavy (non-hydrogen) atoms. The van der Waals surface area contributed by atoms with E-state index in [-0.39, 0.29) is 37.3 Å². The number of hydrogen-bond donors (Lipinski definition) is 1. The van der Waals surface area contributed by atoms with Crippen molar-refractivity contribution in [2.24, 2.45) is 0 Å². The van der Waals surface area contributed by atoms with E-state index in [1.54, 1.807) is 0 Å². The Balaban J connectivity index is 0.00000220. The van der Waals surface area contributed by atoms with E-state index >= 15 is 0 Å². The lowest BCUT2D eigenvalue weighted by molar-refractivity contribution is -0.138. The minimum absolute atomic E-state index is 0. The largest absolute Gasteiger partial charge is 0.389 e. The van der Waals surface area contributed by atoms with Gasteiger partial charge in [0.05, 0.1) is 0 Å². The van der Waals surface area contributed by atoms with Crippen LogP contribution in [0.1, 0.15) is 24.4 Å². The molecule has 1 aromatic carbocycles. The molecule has 1 fully saturated rings. The number of rotatable bonds is 4. The van der Waals surface area contributed by atoms with Crippen LogP contribution in [0.3, 0.4) is 0 Å². The molecule has 0 bridgehead atoms. The highest BCUT2D eigenvalue weighted by molar-refractivity contribution is 14.1. The third-order valence-electron chi connectivity index (χ3n) is 3.55. The fourth-order valence-electron chi connectivity index (χ4n) is 2.54. The van der Waals surface area contributed by atoms with Gasteiger partial charge in [-0.05, 0) is 46.7 Å². The minimum Gasteiger partial charge on any atom is -0.314 e. The molecule has 1 aromatic rings. The summed E-state index contributed by atoms with van der Waals surface area (Å²) in [5.74, 6) is 0. The van der Waals surface area contributed by atoms with Crippen molar-refractivity contribution >= 4 is 47.4 Å². The Morgan fingerprint density at radius 2 is 1.64 bits per heavy atom. The Bertz CT molecular complexity index is 423. The van der Waals surface area contributed by atoms with Gasteiger partial charge < -0.3 is 5.32 Å². The molecule has 2 rings (SSSR count). The first-order valence-electron chi connectivity index (χ1n) is 6.73. The Labute approximate surface area is 155 Å². The van der Waals surface area contributed by atoms with Crippen LogP contribution >= 0.6 is 47.4 Å². The molecule has 0 spiro atoms. The normalized spacial score (nSPS) is 17.3. The molecule has 8 heteroatoms. The summed E-state index contributed by atoms with van der Waals surface area (Å²) in [5.41, 5.74) is 0.983. The fraction of sp³-hybridized carbons (Fsp3) is 0.571. The van der Waals surface area contributed by atoms with Crippen LogP contribution in [0.5, 0.6) is 0 Å². The minimum atomic E-state index is -4.09. The van der Waals surface area contributed by atoms with Crippen LogP contribution in [0.2, 0.25) is 0 Å². The molecule has 1 aliphatic rings. The Morgan fingerprint density at radius 1 is 1.09 bits per heavy atom. The quantitative estimate of drug-likeness (QED) is 0.655. The maximum absolute atomic E-state index is 12.5. The summed E-state index contributed by atoms with van der Waals surface area (Å²) in [5, 5.41) is 3.24. The van der Waals surface area contributed by atoms with Crippen molar-refractivity contribution in [1.82, 2.24) is 10.2 Å². The topological polar surface area (TPSA) is 15.3 Å².